The zero-order valence-electron chi connectivity index (χ0n) is 53.0. The van der Waals surface area contributed by atoms with E-state index in [1.54, 1.807) is 25.1 Å². The number of carboxylic acid groups (broad SMARTS) is 5. The van der Waals surface area contributed by atoms with Crippen molar-refractivity contribution in [3.8, 4) is 5.75 Å². The fourth-order valence-electron chi connectivity index (χ4n) is 6.61. The van der Waals surface area contributed by atoms with Crippen LogP contribution >= 0.6 is 34.8 Å². The molecular weight excluding hydrogens is 1550 g/mol. The van der Waals surface area contributed by atoms with Crippen molar-refractivity contribution in [2.75, 3.05) is 45.9 Å². The number of aryl methyl sites for hydroxylation is 2. The number of ether oxygens (including phenoxy) is 3. The van der Waals surface area contributed by atoms with Crippen LogP contribution in [0.15, 0.2) is 111 Å². The van der Waals surface area contributed by atoms with Crippen LogP contribution in [0.4, 0.5) is 42.8 Å². The summed E-state index contributed by atoms with van der Waals surface area (Å²) in [5.74, 6) is -8.94. The van der Waals surface area contributed by atoms with Crippen LogP contribution in [-0.4, -0.2) is 203 Å². The molecule has 5 amide bonds. The number of phenolic OH excluding ortho intramolecular Hbond substituents is 1. The van der Waals surface area contributed by atoms with E-state index in [4.69, 9.17) is 107 Å². The van der Waals surface area contributed by atoms with Crippen LogP contribution in [0.2, 0.25) is 15.1 Å². The number of benzene rings is 5. The lowest BCUT2D eigenvalue weighted by molar-refractivity contribution is -0.140. The molecule has 25 N–H and O–H groups in total. The molecule has 43 nitrogen and oxygen atoms in total. The topological polar surface area (TPSA) is 750 Å². The summed E-state index contributed by atoms with van der Waals surface area (Å²) < 4.78 is 138. The van der Waals surface area contributed by atoms with E-state index >= 15 is 0 Å². The molecular formula is C54H65Cl3N10O33S4. The number of aliphatic carboxylic acids is 5. The maximum atomic E-state index is 11.6. The molecule has 0 fully saturated rings. The normalized spacial score (nSPS) is 12.5. The van der Waals surface area contributed by atoms with Gasteiger partial charge in [0.25, 0.3) is 46.4 Å². The summed E-state index contributed by atoms with van der Waals surface area (Å²) in [5.41, 5.74) is 26.6. The number of hydrogen-bond donors (Lipinski definition) is 20. The second kappa shape index (κ2) is 41.5. The first-order chi connectivity index (χ1) is 47.7. The molecule has 5 aromatic rings. The molecule has 5 unspecified atom stereocenters. The van der Waals surface area contributed by atoms with E-state index in [1.165, 1.54) is 37.3 Å². The van der Waals surface area contributed by atoms with Gasteiger partial charge < -0.3 is 78.8 Å². The molecule has 0 aliphatic heterocycles. The standard InChI is InChI=1S/C11H13ClN2O7S.C11H13ClN2O6S.C11H14N2O7S.C11H14N2O5.C10H11ClN2O8S/c1-5-2-6(3-8(9(5)12)22(18,19)20)14-11(17)21-4-7(13)10(15)16;12-7-2-1-6(21(18,19)20)5-9(7)14-10(15)4-3-8(13)11(16)17;12-9(11(15)16)4-5-10(14)13(17)7-2-1-3-8(6-7)21(18,19)20;1-7-3-2-4-8(5-7)13(17)11(16)18-6-9(12)10(14)15;11-4-1-6(8(14)7(2-4)22(18,19)20)13-10(17)21-3-5(12)9(15)16/h2-3,7H,4,13H2,1H3,(H,14,17)(H,15,16)(H,18,19,20);1-2,5,8H,3-4,13H2,(H,14,15)(H,16,17)(H,18,19,20);1-3,6,9,17H,4-5,12H2,(H,15,16)(H,18,19,20);2-5,9,17H,6,12H2,1H3,(H,14,15);1-2,5,14H,3,12H2,(H,13,17)(H,15,16)(H,18,19,20). The highest BCUT2D eigenvalue weighted by atomic mass is 35.5. The van der Waals surface area contributed by atoms with Gasteiger partial charge in [0.1, 0.15) is 59.8 Å². The van der Waals surface area contributed by atoms with Crippen molar-refractivity contribution in [3.63, 3.8) is 0 Å². The highest BCUT2D eigenvalue weighted by molar-refractivity contribution is 7.86. The van der Waals surface area contributed by atoms with E-state index in [9.17, 15) is 97.1 Å². The first kappa shape index (κ1) is 92.2. The number of amides is 5. The Morgan fingerprint density at radius 3 is 1.38 bits per heavy atom. The molecule has 0 aliphatic carbocycles. The smallest absolute Gasteiger partial charge is 0.438 e. The van der Waals surface area contributed by atoms with Crippen LogP contribution in [0.1, 0.15) is 36.8 Å². The summed E-state index contributed by atoms with van der Waals surface area (Å²) >= 11 is 17.2. The predicted molar refractivity (Wildman–Crippen MR) is 358 cm³/mol. The minimum absolute atomic E-state index is 0.0107. The molecule has 0 bridgehead atoms. The zero-order chi connectivity index (χ0) is 80.3. The molecule has 0 aromatic heterocycles. The van der Waals surface area contributed by atoms with Gasteiger partial charge in [0.2, 0.25) is 5.91 Å². The van der Waals surface area contributed by atoms with Gasteiger partial charge in [-0.3, -0.25) is 72.8 Å². The summed E-state index contributed by atoms with van der Waals surface area (Å²) in [7, 11) is -18.2. The molecule has 0 saturated carbocycles. The van der Waals surface area contributed by atoms with Gasteiger partial charge in [-0.1, -0.05) is 53.0 Å². The number of anilines is 5. The van der Waals surface area contributed by atoms with Crippen LogP contribution in [0.25, 0.3) is 0 Å². The Bertz CT molecular complexity index is 4420. The van der Waals surface area contributed by atoms with Crippen molar-refractivity contribution >= 4 is 164 Å². The Morgan fingerprint density at radius 1 is 0.481 bits per heavy atom. The van der Waals surface area contributed by atoms with Crippen molar-refractivity contribution in [1.82, 2.24) is 0 Å². The van der Waals surface area contributed by atoms with E-state index in [1.807, 2.05) is 5.32 Å². The second-order valence-electron chi connectivity index (χ2n) is 20.2. The number of rotatable bonds is 26. The Hall–Kier alpha value is -9.77. The number of aromatic hydroxyl groups is 1. The molecule has 0 radical (unpaired) electrons. The minimum Gasteiger partial charge on any atom is -0.504 e. The summed E-state index contributed by atoms with van der Waals surface area (Å²) in [6.07, 6.45) is -4.15. The number of nitrogens with one attached hydrogen (secondary N) is 3. The van der Waals surface area contributed by atoms with Gasteiger partial charge in [-0.15, -0.1) is 0 Å². The SMILES string of the molecule is Cc1cc(NC(=O)OCC(N)C(=O)O)cc(S(=O)(=O)O)c1Cl.Cc1cccc(N(O)C(=O)OCC(N)C(=O)O)c1.NC(CCC(=O)N(O)c1cccc(S(=O)(=O)O)c1)C(=O)O.NC(CCC(=O)Nc1cc(S(=O)(=O)O)ccc1Cl)C(=O)O.NC(COC(=O)Nc1cc(Cl)cc(S(=O)(=O)O)c1O)C(=O)O. The number of hydroxylamine groups is 2. The molecule has 574 valence electrons. The quantitative estimate of drug-likeness (QED) is 0.0124. The number of carboxylic acids is 5. The van der Waals surface area contributed by atoms with Gasteiger partial charge in [0.15, 0.2) is 5.75 Å². The minimum atomic E-state index is -4.78. The molecule has 5 atom stereocenters. The molecule has 0 spiro atoms. The van der Waals surface area contributed by atoms with Crippen LogP contribution in [-0.2, 0) is 88.2 Å². The number of carbonyl (C=O) groups is 10. The molecule has 5 rings (SSSR count). The van der Waals surface area contributed by atoms with Gasteiger partial charge in [0.05, 0.1) is 42.6 Å². The van der Waals surface area contributed by atoms with Gasteiger partial charge in [0, 0.05) is 23.6 Å². The lowest BCUT2D eigenvalue weighted by Crippen LogP contribution is -2.38. The van der Waals surface area contributed by atoms with Gasteiger partial charge in [-0.05, 0) is 111 Å². The number of hydrogen-bond acceptors (Lipinski definition) is 29. The fraction of sp³-hybridized carbons (Fsp3) is 0.259. The number of nitrogens with zero attached hydrogens (tertiary/aromatic N) is 2. The third-order valence-electron chi connectivity index (χ3n) is 11.9. The lowest BCUT2D eigenvalue weighted by atomic mass is 10.1. The Labute approximate surface area is 602 Å². The number of phenols is 1. The number of halogens is 3. The maximum absolute atomic E-state index is 11.6. The van der Waals surface area contributed by atoms with E-state index < -0.39 is 181 Å². The molecule has 50 heteroatoms. The van der Waals surface area contributed by atoms with E-state index in [2.05, 4.69) is 24.8 Å². The molecule has 104 heavy (non-hydrogen) atoms. The van der Waals surface area contributed by atoms with Crippen LogP contribution in [0.3, 0.4) is 0 Å². The second-order valence-corrected chi connectivity index (χ2v) is 27.0. The Kier molecular flexibility index (Phi) is 36.8. The summed E-state index contributed by atoms with van der Waals surface area (Å²) in [5, 5.41) is 78.1. The lowest BCUT2D eigenvalue weighted by Gasteiger charge is -2.16. The van der Waals surface area contributed by atoms with Crippen molar-refractivity contribution < 1.29 is 155 Å². The summed E-state index contributed by atoms with van der Waals surface area (Å²) in [6.45, 7) is 1.51. The Balaban J connectivity index is 0.000000651. The summed E-state index contributed by atoms with van der Waals surface area (Å²) in [6, 6.07) is 11.7. The van der Waals surface area contributed by atoms with Gasteiger partial charge in [-0.25, -0.2) is 14.4 Å². The van der Waals surface area contributed by atoms with Crippen molar-refractivity contribution in [3.05, 3.63) is 117 Å². The monoisotopic (exact) mass is 1610 g/mol. The van der Waals surface area contributed by atoms with Crippen LogP contribution < -0.4 is 54.7 Å². The van der Waals surface area contributed by atoms with Gasteiger partial charge in [-0.2, -0.15) is 43.8 Å². The van der Waals surface area contributed by atoms with Crippen LogP contribution in [0, 0.1) is 13.8 Å². The largest absolute Gasteiger partial charge is 0.504 e. The number of nitrogens with two attached hydrogens (primary N) is 5. The summed E-state index contributed by atoms with van der Waals surface area (Å²) in [4.78, 5) is 107. The zero-order valence-corrected chi connectivity index (χ0v) is 58.5. The Morgan fingerprint density at radius 2 is 0.923 bits per heavy atom. The van der Waals surface area contributed by atoms with Crippen molar-refractivity contribution in [2.45, 2.75) is 89.3 Å². The first-order valence-electron chi connectivity index (χ1n) is 27.7. The number of carbonyl (C=O) groups excluding carboxylic acids is 5. The third-order valence-corrected chi connectivity index (χ3v) is 16.5. The molecule has 0 heterocycles. The van der Waals surface area contributed by atoms with E-state index in [0.29, 0.717) is 5.06 Å². The van der Waals surface area contributed by atoms with Gasteiger partial charge >= 0.3 is 48.1 Å². The average Bonchev–Trinajstić information content (AvgIpc) is 0.899. The van der Waals surface area contributed by atoms with Crippen molar-refractivity contribution in [2.24, 2.45) is 28.7 Å². The van der Waals surface area contributed by atoms with E-state index in [-0.39, 0.29) is 74.1 Å². The third kappa shape index (κ3) is 33.1. The predicted octanol–water partition coefficient (Wildman–Crippen LogP) is 2.41. The fourth-order valence-corrected chi connectivity index (χ4v) is 9.78. The molecule has 0 aliphatic rings. The highest BCUT2D eigenvalue weighted by Crippen LogP contribution is 2.35. The average molecular weight is 1620 g/mol. The maximum Gasteiger partial charge on any atom is 0.438 e. The first-order valence-corrected chi connectivity index (χ1v) is 34.5. The highest BCUT2D eigenvalue weighted by Gasteiger charge is 2.26. The van der Waals surface area contributed by atoms with Crippen LogP contribution in [0.5, 0.6) is 5.75 Å². The van der Waals surface area contributed by atoms with E-state index in [0.717, 1.165) is 48.0 Å². The molecule has 5 aromatic carbocycles. The molecule has 0 saturated heterocycles. The van der Waals surface area contributed by atoms with Crippen molar-refractivity contribution in [1.29, 1.82) is 0 Å².